The Hall–Kier alpha value is -7.16. The predicted molar refractivity (Wildman–Crippen MR) is 229 cm³/mol. The Morgan fingerprint density at radius 1 is 0.259 bits per heavy atom. The van der Waals surface area contributed by atoms with Crippen molar-refractivity contribution in [3.63, 3.8) is 0 Å². The minimum absolute atomic E-state index is 0.886. The van der Waals surface area contributed by atoms with Crippen molar-refractivity contribution in [3.8, 4) is 22.3 Å². The van der Waals surface area contributed by atoms with Crippen LogP contribution in [0.5, 0.6) is 0 Å². The lowest BCUT2D eigenvalue weighted by molar-refractivity contribution is 0.669. The Labute approximate surface area is 312 Å². The molecule has 0 unspecified atom stereocenters. The summed E-state index contributed by atoms with van der Waals surface area (Å²) in [6.07, 6.45) is 0. The van der Waals surface area contributed by atoms with Gasteiger partial charge in [0.25, 0.3) is 0 Å². The highest BCUT2D eigenvalue weighted by Crippen LogP contribution is 2.42. The lowest BCUT2D eigenvalue weighted by Crippen LogP contribution is -2.10. The molecule has 11 rings (SSSR count). The van der Waals surface area contributed by atoms with E-state index in [-0.39, 0.29) is 0 Å². The molecular formula is C52H33NO. The standard InChI is InChI=1S/C52H33NO/c1-2-11-36-30-38(21-20-34(36)10-1)37-12-9-13-41(31-37)53(42-27-29-52-50(33-42)48-18-7-8-19-51(48)54-52)40-25-22-35(23-26-40)39-24-28-47-45-16-4-3-14-43(45)44-15-5-6-17-46(44)49(47)32-39/h1-33H. The molecule has 1 heterocycles. The van der Waals surface area contributed by atoms with E-state index in [1.807, 2.05) is 12.1 Å². The van der Waals surface area contributed by atoms with E-state index in [0.717, 1.165) is 39.0 Å². The Kier molecular flexibility index (Phi) is 6.90. The van der Waals surface area contributed by atoms with Crippen LogP contribution in [0.15, 0.2) is 205 Å². The molecule has 0 aliphatic rings. The molecule has 0 fully saturated rings. The second-order valence-electron chi connectivity index (χ2n) is 14.1. The summed E-state index contributed by atoms with van der Waals surface area (Å²) in [5.41, 5.74) is 9.77. The van der Waals surface area contributed by atoms with Gasteiger partial charge in [0.2, 0.25) is 0 Å². The van der Waals surface area contributed by atoms with Crippen LogP contribution < -0.4 is 4.90 Å². The van der Waals surface area contributed by atoms with Crippen LogP contribution in [-0.2, 0) is 0 Å². The van der Waals surface area contributed by atoms with E-state index in [1.165, 1.54) is 65.3 Å². The summed E-state index contributed by atoms with van der Waals surface area (Å²) in [7, 11) is 0. The lowest BCUT2D eigenvalue weighted by Gasteiger charge is -2.26. The average Bonchev–Trinajstić information content (AvgIpc) is 3.62. The number of furan rings is 1. The fourth-order valence-electron chi connectivity index (χ4n) is 8.38. The Bertz CT molecular complexity index is 3190. The van der Waals surface area contributed by atoms with Gasteiger partial charge < -0.3 is 9.32 Å². The van der Waals surface area contributed by atoms with Crippen LogP contribution >= 0.6 is 0 Å². The maximum atomic E-state index is 6.24. The first-order chi connectivity index (χ1) is 26.7. The molecule has 0 spiro atoms. The van der Waals surface area contributed by atoms with Crippen LogP contribution in [0, 0.1) is 0 Å². The summed E-state index contributed by atoms with van der Waals surface area (Å²) in [6.45, 7) is 0. The first kappa shape index (κ1) is 30.5. The quantitative estimate of drug-likeness (QED) is 0.168. The summed E-state index contributed by atoms with van der Waals surface area (Å²) in [5, 5.41) is 12.4. The number of rotatable bonds is 5. The molecule has 0 N–H and O–H groups in total. The number of anilines is 3. The van der Waals surface area contributed by atoms with Crippen molar-refractivity contribution in [2.45, 2.75) is 0 Å². The molecule has 1 aromatic heterocycles. The highest BCUT2D eigenvalue weighted by atomic mass is 16.3. The molecule has 0 atom stereocenters. The van der Waals surface area contributed by atoms with Crippen LogP contribution in [-0.4, -0.2) is 0 Å². The van der Waals surface area contributed by atoms with Crippen molar-refractivity contribution in [2.75, 3.05) is 4.90 Å². The van der Waals surface area contributed by atoms with Gasteiger partial charge in [-0.1, -0.05) is 140 Å². The molecule has 2 nitrogen and oxygen atoms in total. The van der Waals surface area contributed by atoms with Crippen molar-refractivity contribution >= 4 is 82.1 Å². The second-order valence-corrected chi connectivity index (χ2v) is 14.1. The highest BCUT2D eigenvalue weighted by Gasteiger charge is 2.17. The maximum absolute atomic E-state index is 6.24. The van der Waals surface area contributed by atoms with Crippen LogP contribution in [0.4, 0.5) is 17.1 Å². The van der Waals surface area contributed by atoms with Gasteiger partial charge >= 0.3 is 0 Å². The van der Waals surface area contributed by atoms with E-state index >= 15 is 0 Å². The summed E-state index contributed by atoms with van der Waals surface area (Å²) >= 11 is 0. The minimum Gasteiger partial charge on any atom is -0.456 e. The summed E-state index contributed by atoms with van der Waals surface area (Å²) in [4.78, 5) is 2.36. The Balaban J connectivity index is 1.05. The zero-order valence-electron chi connectivity index (χ0n) is 29.4. The fraction of sp³-hybridized carbons (Fsp3) is 0. The van der Waals surface area contributed by atoms with Gasteiger partial charge in [0.1, 0.15) is 11.2 Å². The molecular weight excluding hydrogens is 655 g/mol. The number of nitrogens with zero attached hydrogens (tertiary/aromatic N) is 1. The summed E-state index contributed by atoms with van der Waals surface area (Å²) < 4.78 is 6.24. The Morgan fingerprint density at radius 3 is 1.57 bits per heavy atom. The van der Waals surface area contributed by atoms with Crippen molar-refractivity contribution in [2.24, 2.45) is 0 Å². The molecule has 54 heavy (non-hydrogen) atoms. The van der Waals surface area contributed by atoms with E-state index in [9.17, 15) is 0 Å². The van der Waals surface area contributed by atoms with Crippen molar-refractivity contribution in [1.29, 1.82) is 0 Å². The average molecular weight is 688 g/mol. The smallest absolute Gasteiger partial charge is 0.135 e. The van der Waals surface area contributed by atoms with E-state index in [0.29, 0.717) is 0 Å². The van der Waals surface area contributed by atoms with Crippen molar-refractivity contribution in [3.05, 3.63) is 200 Å². The number of para-hydroxylation sites is 1. The predicted octanol–water partition coefficient (Wildman–Crippen LogP) is 15.0. The first-order valence-corrected chi connectivity index (χ1v) is 18.5. The molecule has 11 aromatic rings. The van der Waals surface area contributed by atoms with Gasteiger partial charge in [-0.05, 0) is 126 Å². The van der Waals surface area contributed by atoms with Crippen molar-refractivity contribution < 1.29 is 4.42 Å². The molecule has 2 heteroatoms. The van der Waals surface area contributed by atoms with E-state index in [1.54, 1.807) is 0 Å². The SMILES string of the molecule is c1cc(-c2ccc3ccccc3c2)cc(N(c2ccc(-c3ccc4c5ccccc5c5ccccc5c4c3)cc2)c2ccc3oc4ccccc4c3c2)c1. The number of hydrogen-bond donors (Lipinski definition) is 0. The molecule has 0 bridgehead atoms. The van der Waals surface area contributed by atoms with Gasteiger partial charge in [-0.15, -0.1) is 0 Å². The van der Waals surface area contributed by atoms with Crippen LogP contribution in [0.3, 0.4) is 0 Å². The zero-order valence-corrected chi connectivity index (χ0v) is 29.4. The molecule has 0 saturated carbocycles. The molecule has 0 aliphatic carbocycles. The first-order valence-electron chi connectivity index (χ1n) is 18.5. The topological polar surface area (TPSA) is 16.4 Å². The van der Waals surface area contributed by atoms with Gasteiger partial charge in [0.15, 0.2) is 0 Å². The van der Waals surface area contributed by atoms with Gasteiger partial charge in [0, 0.05) is 27.8 Å². The maximum Gasteiger partial charge on any atom is 0.135 e. The van der Waals surface area contributed by atoms with Crippen LogP contribution in [0.25, 0.3) is 87.3 Å². The normalized spacial score (nSPS) is 11.7. The van der Waals surface area contributed by atoms with Crippen molar-refractivity contribution in [1.82, 2.24) is 0 Å². The third-order valence-corrected chi connectivity index (χ3v) is 11.0. The molecule has 0 saturated heterocycles. The molecule has 0 amide bonds. The fourth-order valence-corrected chi connectivity index (χ4v) is 8.38. The third-order valence-electron chi connectivity index (χ3n) is 11.0. The summed E-state index contributed by atoms with van der Waals surface area (Å²) in [6, 6.07) is 72.4. The van der Waals surface area contributed by atoms with Crippen LogP contribution in [0.1, 0.15) is 0 Å². The number of benzene rings is 10. The van der Waals surface area contributed by atoms with Gasteiger partial charge in [-0.25, -0.2) is 0 Å². The van der Waals surface area contributed by atoms with Gasteiger partial charge in [0.05, 0.1) is 0 Å². The van der Waals surface area contributed by atoms with Gasteiger partial charge in [-0.3, -0.25) is 0 Å². The molecule has 252 valence electrons. The number of hydrogen-bond acceptors (Lipinski definition) is 2. The summed E-state index contributed by atoms with van der Waals surface area (Å²) in [5.74, 6) is 0. The Morgan fingerprint density at radius 2 is 0.796 bits per heavy atom. The number of fused-ring (bicyclic) bond motifs is 10. The van der Waals surface area contributed by atoms with E-state index in [2.05, 4.69) is 193 Å². The highest BCUT2D eigenvalue weighted by molar-refractivity contribution is 6.25. The lowest BCUT2D eigenvalue weighted by atomic mass is 9.92. The second kappa shape index (κ2) is 12.2. The van der Waals surface area contributed by atoms with Gasteiger partial charge in [-0.2, -0.15) is 0 Å². The zero-order chi connectivity index (χ0) is 35.6. The largest absolute Gasteiger partial charge is 0.456 e. The van der Waals surface area contributed by atoms with E-state index < -0.39 is 0 Å². The van der Waals surface area contributed by atoms with Crippen LogP contribution in [0.2, 0.25) is 0 Å². The van der Waals surface area contributed by atoms with E-state index in [4.69, 9.17) is 4.42 Å². The third kappa shape index (κ3) is 4.96. The molecule has 0 radical (unpaired) electrons. The minimum atomic E-state index is 0.886. The molecule has 0 aliphatic heterocycles. The monoisotopic (exact) mass is 687 g/mol. The molecule has 10 aromatic carbocycles.